The minimum atomic E-state index is -4.36. The van der Waals surface area contributed by atoms with Crippen LogP contribution in [0.5, 0.6) is 0 Å². The maximum Gasteiger partial charge on any atom is 0.405 e. The summed E-state index contributed by atoms with van der Waals surface area (Å²) < 4.78 is 35.4. The second kappa shape index (κ2) is 4.80. The van der Waals surface area contributed by atoms with Gasteiger partial charge in [-0.05, 0) is 6.92 Å². The lowest BCUT2D eigenvalue weighted by Gasteiger charge is -2.28. The Bertz CT molecular complexity index is 224. The van der Waals surface area contributed by atoms with Crippen LogP contribution in [0.2, 0.25) is 0 Å². The van der Waals surface area contributed by atoms with Crippen molar-refractivity contribution in [3.8, 4) is 0 Å². The lowest BCUT2D eigenvalue weighted by molar-refractivity contribution is -0.139. The van der Waals surface area contributed by atoms with Crippen LogP contribution in [0.4, 0.5) is 13.2 Å². The summed E-state index contributed by atoms with van der Waals surface area (Å²) in [6.07, 6.45) is -4.36. The smallest absolute Gasteiger partial charge is 0.346 e. The summed E-state index contributed by atoms with van der Waals surface area (Å²) in [4.78, 5) is 11.2. The predicted octanol–water partition coefficient (Wildman–Crippen LogP) is -0.385. The Labute approximate surface area is 85.6 Å². The second-order valence-corrected chi connectivity index (χ2v) is 3.60. The molecule has 0 bridgehead atoms. The normalized spacial score (nSPS) is 27.5. The number of alkyl halides is 3. The molecule has 0 radical (unpaired) electrons. The first-order valence-electron chi connectivity index (χ1n) is 4.70. The van der Waals surface area contributed by atoms with Gasteiger partial charge in [-0.2, -0.15) is 13.2 Å². The van der Waals surface area contributed by atoms with Gasteiger partial charge in [0.15, 0.2) is 0 Å². The molecular weight excluding hydrogens is 211 g/mol. The summed E-state index contributed by atoms with van der Waals surface area (Å²) in [6.45, 7) is 1.57. The average molecular weight is 225 g/mol. The summed E-state index contributed by atoms with van der Waals surface area (Å²) in [7, 11) is 0. The number of carbonyl (C=O) groups is 1. The van der Waals surface area contributed by atoms with Crippen LogP contribution in [0, 0.1) is 0 Å². The topological polar surface area (TPSA) is 53.2 Å². The Hall–Kier alpha value is -0.820. The first-order chi connectivity index (χ1) is 6.88. The third-order valence-corrected chi connectivity index (χ3v) is 2.12. The van der Waals surface area contributed by atoms with E-state index in [9.17, 15) is 18.0 Å². The molecule has 15 heavy (non-hydrogen) atoms. The maximum atomic E-state index is 11.8. The Morgan fingerprint density at radius 2 is 2.07 bits per heavy atom. The molecule has 2 unspecified atom stereocenters. The van der Waals surface area contributed by atoms with Crippen LogP contribution in [-0.4, -0.2) is 43.8 Å². The van der Waals surface area contributed by atoms with Crippen LogP contribution in [0.3, 0.4) is 0 Å². The van der Waals surface area contributed by atoms with Gasteiger partial charge in [-0.3, -0.25) is 4.79 Å². The highest BCUT2D eigenvalue weighted by molar-refractivity contribution is 5.82. The molecule has 0 aromatic carbocycles. The van der Waals surface area contributed by atoms with E-state index in [0.717, 1.165) is 0 Å². The summed E-state index contributed by atoms with van der Waals surface area (Å²) >= 11 is 0. The molecule has 1 aliphatic heterocycles. The average Bonchev–Trinajstić information content (AvgIpc) is 2.14. The summed E-state index contributed by atoms with van der Waals surface area (Å²) in [5.41, 5.74) is 0. The number of hydrogen-bond donors (Lipinski definition) is 3. The molecule has 7 heteroatoms. The van der Waals surface area contributed by atoms with Gasteiger partial charge in [-0.25, -0.2) is 0 Å². The molecule has 4 nitrogen and oxygen atoms in total. The number of hydrogen-bond acceptors (Lipinski definition) is 3. The van der Waals surface area contributed by atoms with E-state index in [1.807, 2.05) is 12.2 Å². The van der Waals surface area contributed by atoms with E-state index in [1.54, 1.807) is 0 Å². The van der Waals surface area contributed by atoms with Gasteiger partial charge in [-0.1, -0.05) is 0 Å². The molecule has 88 valence electrons. The van der Waals surface area contributed by atoms with E-state index in [4.69, 9.17) is 0 Å². The second-order valence-electron chi connectivity index (χ2n) is 3.60. The molecule has 0 aromatic heterocycles. The Kier molecular flexibility index (Phi) is 3.92. The molecule has 3 N–H and O–H groups in total. The van der Waals surface area contributed by atoms with Gasteiger partial charge in [0, 0.05) is 19.1 Å². The largest absolute Gasteiger partial charge is 0.405 e. The van der Waals surface area contributed by atoms with Gasteiger partial charge >= 0.3 is 6.18 Å². The van der Waals surface area contributed by atoms with Crippen LogP contribution in [-0.2, 0) is 4.79 Å². The highest BCUT2D eigenvalue weighted by atomic mass is 19.4. The number of amides is 1. The van der Waals surface area contributed by atoms with Crippen molar-refractivity contribution < 1.29 is 18.0 Å². The van der Waals surface area contributed by atoms with Crippen molar-refractivity contribution in [1.82, 2.24) is 16.0 Å². The fraction of sp³-hybridized carbons (Fsp3) is 0.875. The van der Waals surface area contributed by atoms with Crippen molar-refractivity contribution in [3.05, 3.63) is 0 Å². The Morgan fingerprint density at radius 1 is 1.40 bits per heavy atom. The highest BCUT2D eigenvalue weighted by Crippen LogP contribution is 2.12. The first kappa shape index (κ1) is 12.3. The van der Waals surface area contributed by atoms with Gasteiger partial charge in [0.2, 0.25) is 5.91 Å². The Balaban J connectivity index is 2.29. The van der Waals surface area contributed by atoms with Crippen molar-refractivity contribution in [1.29, 1.82) is 0 Å². The fourth-order valence-electron chi connectivity index (χ4n) is 1.28. The van der Waals surface area contributed by atoms with Crippen molar-refractivity contribution in [2.45, 2.75) is 25.2 Å². The molecule has 0 spiro atoms. The molecule has 1 rings (SSSR count). The van der Waals surface area contributed by atoms with Crippen molar-refractivity contribution in [3.63, 3.8) is 0 Å². The van der Waals surface area contributed by atoms with Crippen LogP contribution in [0.15, 0.2) is 0 Å². The van der Waals surface area contributed by atoms with E-state index >= 15 is 0 Å². The molecule has 2 atom stereocenters. The third-order valence-electron chi connectivity index (χ3n) is 2.12. The van der Waals surface area contributed by atoms with Crippen LogP contribution in [0.1, 0.15) is 6.92 Å². The number of carbonyl (C=O) groups excluding carboxylic acids is 1. The van der Waals surface area contributed by atoms with Gasteiger partial charge < -0.3 is 16.0 Å². The van der Waals surface area contributed by atoms with Gasteiger partial charge in [0.25, 0.3) is 0 Å². The molecule has 1 fully saturated rings. The summed E-state index contributed by atoms with van der Waals surface area (Å²) in [5.74, 6) is -0.619. The van der Waals surface area contributed by atoms with Crippen LogP contribution in [0.25, 0.3) is 0 Å². The number of halogens is 3. The van der Waals surface area contributed by atoms with Gasteiger partial charge in [0.1, 0.15) is 6.54 Å². The fourth-order valence-corrected chi connectivity index (χ4v) is 1.28. The maximum absolute atomic E-state index is 11.8. The van der Waals surface area contributed by atoms with Crippen molar-refractivity contribution >= 4 is 5.91 Å². The van der Waals surface area contributed by atoms with Crippen LogP contribution < -0.4 is 16.0 Å². The highest BCUT2D eigenvalue weighted by Gasteiger charge is 2.30. The monoisotopic (exact) mass is 225 g/mol. The Morgan fingerprint density at radius 3 is 2.53 bits per heavy atom. The summed E-state index contributed by atoms with van der Waals surface area (Å²) in [5, 5.41) is 7.71. The predicted molar refractivity (Wildman–Crippen MR) is 48.3 cm³/mol. The lowest BCUT2D eigenvalue weighted by atomic mass is 10.1. The van der Waals surface area contributed by atoms with E-state index in [0.29, 0.717) is 13.1 Å². The minimum Gasteiger partial charge on any atom is -0.346 e. The lowest BCUT2D eigenvalue weighted by Crippen LogP contribution is -2.59. The van der Waals surface area contributed by atoms with Crippen molar-refractivity contribution in [2.24, 2.45) is 0 Å². The van der Waals surface area contributed by atoms with E-state index < -0.39 is 24.7 Å². The molecule has 1 amide bonds. The van der Waals surface area contributed by atoms with Gasteiger partial charge in [0.05, 0.1) is 6.04 Å². The quantitative estimate of drug-likeness (QED) is 0.600. The summed E-state index contributed by atoms with van der Waals surface area (Å²) in [6, 6.07) is -0.347. The minimum absolute atomic E-state index is 0.233. The molecule has 1 saturated heterocycles. The molecule has 1 heterocycles. The number of nitrogens with one attached hydrogen (secondary N) is 3. The van der Waals surface area contributed by atoms with Gasteiger partial charge in [-0.15, -0.1) is 0 Å². The van der Waals surface area contributed by atoms with Crippen LogP contribution >= 0.6 is 0 Å². The molecule has 0 aromatic rings. The van der Waals surface area contributed by atoms with E-state index in [-0.39, 0.29) is 6.04 Å². The zero-order valence-corrected chi connectivity index (χ0v) is 8.32. The number of rotatable bonds is 2. The van der Waals surface area contributed by atoms with Crippen molar-refractivity contribution in [2.75, 3.05) is 19.6 Å². The number of piperazine rings is 1. The molecule has 1 aliphatic rings. The SMILES string of the molecule is CC1CNC(C(=O)NCC(F)(F)F)CN1. The van der Waals surface area contributed by atoms with E-state index in [2.05, 4.69) is 10.6 Å². The molecular formula is C8H14F3N3O. The third kappa shape index (κ3) is 4.48. The molecule has 0 saturated carbocycles. The zero-order chi connectivity index (χ0) is 11.5. The standard InChI is InChI=1S/C8H14F3N3O/c1-5-2-13-6(3-12-5)7(15)14-4-8(9,10)11/h5-6,12-13H,2-4H2,1H3,(H,14,15). The van der Waals surface area contributed by atoms with E-state index in [1.165, 1.54) is 0 Å². The molecule has 0 aliphatic carbocycles. The first-order valence-corrected chi connectivity index (χ1v) is 4.70. The zero-order valence-electron chi connectivity index (χ0n) is 8.32.